The van der Waals surface area contributed by atoms with Gasteiger partial charge in [-0.15, -0.1) is 11.3 Å². The van der Waals surface area contributed by atoms with Gasteiger partial charge >= 0.3 is 0 Å². The molecule has 2 N–H and O–H groups in total. The van der Waals surface area contributed by atoms with Crippen LogP contribution in [0.3, 0.4) is 0 Å². The van der Waals surface area contributed by atoms with E-state index in [2.05, 4.69) is 72.1 Å². The zero-order valence-electron chi connectivity index (χ0n) is 15.4. The number of hydrogen-bond acceptors (Lipinski definition) is 4. The summed E-state index contributed by atoms with van der Waals surface area (Å²) in [4.78, 5) is 2.97. The number of nitrogens with zero attached hydrogens (tertiary/aromatic N) is 1. The van der Waals surface area contributed by atoms with Crippen LogP contribution in [-0.4, -0.2) is 29.9 Å². The quantitative estimate of drug-likeness (QED) is 0.854. The number of hydrogen-bond donors (Lipinski definition) is 2. The first-order valence-electron chi connectivity index (χ1n) is 9.60. The summed E-state index contributed by atoms with van der Waals surface area (Å²) in [5.74, 6) is 1.05. The minimum absolute atomic E-state index is 0.234. The molecule has 5 heteroatoms. The highest BCUT2D eigenvalue weighted by molar-refractivity contribution is 7.11. The molecule has 3 aliphatic heterocycles. The van der Waals surface area contributed by atoms with Crippen LogP contribution in [0.25, 0.3) is 5.70 Å². The first kappa shape index (κ1) is 16.4. The maximum atomic E-state index is 6.69. The molecule has 1 aromatic heterocycles. The Kier molecular flexibility index (Phi) is 3.85. The molecule has 0 saturated carbocycles. The third kappa shape index (κ3) is 2.49. The molecule has 2 aromatic rings. The molecular formula is C21H26N3OS+. The van der Waals surface area contributed by atoms with Crippen LogP contribution >= 0.6 is 11.3 Å². The number of para-hydroxylation sites is 1. The van der Waals surface area contributed by atoms with Crippen LogP contribution in [0.2, 0.25) is 0 Å². The van der Waals surface area contributed by atoms with Crippen molar-refractivity contribution in [2.75, 3.05) is 13.1 Å². The monoisotopic (exact) mass is 368 g/mol. The Morgan fingerprint density at radius 3 is 2.73 bits per heavy atom. The minimum Gasteiger partial charge on any atom is -0.470 e. The van der Waals surface area contributed by atoms with Gasteiger partial charge in [0.05, 0.1) is 48.6 Å². The fourth-order valence-corrected chi connectivity index (χ4v) is 5.28. The van der Waals surface area contributed by atoms with E-state index < -0.39 is 0 Å². The van der Waals surface area contributed by atoms with E-state index in [0.717, 1.165) is 31.7 Å². The molecule has 0 aliphatic carbocycles. The highest BCUT2D eigenvalue weighted by Crippen LogP contribution is 2.47. The number of hydrazine groups is 1. The molecule has 26 heavy (non-hydrogen) atoms. The molecule has 136 valence electrons. The van der Waals surface area contributed by atoms with Crippen LogP contribution in [0.15, 0.2) is 47.9 Å². The molecule has 5 rings (SSSR count). The topological polar surface area (TPSA) is 28.9 Å². The lowest BCUT2D eigenvalue weighted by Gasteiger charge is -2.51. The smallest absolute Gasteiger partial charge is 0.191 e. The standard InChI is InChI=1S/C21H25N3OS/c1-15(2)23-11-9-21(10-12-23)24-18(16-6-3-4-7-19(16)25-21)14-17(22-24)20-8-5-13-26-20/h3-8,13-15,18,22H,9-12H2,1-2H3/p+1/t18-/m0/s1. The molecule has 1 atom stereocenters. The summed E-state index contributed by atoms with van der Waals surface area (Å²) >= 11 is 1.78. The number of ether oxygens (including phenoxy) is 1. The molecule has 3 aliphatic rings. The van der Waals surface area contributed by atoms with E-state index in [1.54, 1.807) is 16.2 Å². The minimum atomic E-state index is -0.257. The number of rotatable bonds is 2. The Morgan fingerprint density at radius 2 is 2.00 bits per heavy atom. The highest BCUT2D eigenvalue weighted by atomic mass is 32.1. The van der Waals surface area contributed by atoms with Gasteiger partial charge in [-0.05, 0) is 37.4 Å². The van der Waals surface area contributed by atoms with Gasteiger partial charge in [0.25, 0.3) is 0 Å². The van der Waals surface area contributed by atoms with Gasteiger partial charge in [-0.2, -0.15) is 5.01 Å². The van der Waals surface area contributed by atoms with Gasteiger partial charge in [-0.25, -0.2) is 0 Å². The van der Waals surface area contributed by atoms with E-state index in [1.165, 1.54) is 16.1 Å². The second kappa shape index (κ2) is 6.12. The second-order valence-corrected chi connectivity index (χ2v) is 8.83. The van der Waals surface area contributed by atoms with E-state index in [-0.39, 0.29) is 11.8 Å². The summed E-state index contributed by atoms with van der Waals surface area (Å²) < 4.78 is 6.69. The van der Waals surface area contributed by atoms with E-state index in [1.807, 2.05) is 0 Å². The highest BCUT2D eigenvalue weighted by Gasteiger charge is 2.52. The maximum Gasteiger partial charge on any atom is 0.191 e. The van der Waals surface area contributed by atoms with Crippen molar-refractivity contribution in [1.82, 2.24) is 10.4 Å². The van der Waals surface area contributed by atoms with Crippen LogP contribution in [0.1, 0.15) is 43.2 Å². The van der Waals surface area contributed by atoms with Crippen molar-refractivity contribution in [2.24, 2.45) is 0 Å². The van der Waals surface area contributed by atoms with Crippen molar-refractivity contribution in [1.29, 1.82) is 0 Å². The van der Waals surface area contributed by atoms with Gasteiger partial charge in [0.2, 0.25) is 0 Å². The first-order chi connectivity index (χ1) is 12.7. The lowest BCUT2D eigenvalue weighted by molar-refractivity contribution is -0.929. The molecule has 0 radical (unpaired) electrons. The largest absolute Gasteiger partial charge is 0.470 e. The summed E-state index contributed by atoms with van der Waals surface area (Å²) in [6.45, 7) is 6.94. The van der Waals surface area contributed by atoms with Crippen LogP contribution in [-0.2, 0) is 0 Å². The van der Waals surface area contributed by atoms with E-state index in [9.17, 15) is 0 Å². The molecule has 4 nitrogen and oxygen atoms in total. The van der Waals surface area contributed by atoms with Gasteiger partial charge in [-0.1, -0.05) is 24.3 Å². The van der Waals surface area contributed by atoms with Crippen molar-refractivity contribution in [3.63, 3.8) is 0 Å². The zero-order chi connectivity index (χ0) is 17.7. The number of thiophene rings is 1. The first-order valence-corrected chi connectivity index (χ1v) is 10.5. The zero-order valence-corrected chi connectivity index (χ0v) is 16.2. The molecule has 0 amide bonds. The van der Waals surface area contributed by atoms with E-state index in [4.69, 9.17) is 4.74 Å². The maximum absolute atomic E-state index is 6.69. The van der Waals surface area contributed by atoms with Crippen LogP contribution in [0.4, 0.5) is 0 Å². The van der Waals surface area contributed by atoms with Crippen molar-refractivity contribution in [2.45, 2.75) is 44.5 Å². The van der Waals surface area contributed by atoms with E-state index >= 15 is 0 Å². The SMILES string of the molecule is CC(C)[NH+]1CCC2(CC1)Oc1ccccc1[C@@H]1C=C(c3cccs3)NN12. The van der Waals surface area contributed by atoms with Crippen molar-refractivity contribution in [3.8, 4) is 5.75 Å². The Bertz CT molecular complexity index is 822. The summed E-state index contributed by atoms with van der Waals surface area (Å²) in [5.41, 5.74) is 5.93. The predicted molar refractivity (Wildman–Crippen MR) is 105 cm³/mol. The molecule has 1 fully saturated rings. The van der Waals surface area contributed by atoms with Crippen LogP contribution in [0, 0.1) is 0 Å². The molecule has 4 heterocycles. The van der Waals surface area contributed by atoms with Crippen molar-refractivity contribution < 1.29 is 9.64 Å². The number of quaternary nitrogens is 1. The fraction of sp³-hybridized carbons (Fsp3) is 0.429. The number of benzene rings is 1. The molecule has 0 unspecified atom stereocenters. The summed E-state index contributed by atoms with van der Waals surface area (Å²) in [6, 6.07) is 13.7. The third-order valence-electron chi connectivity index (χ3n) is 6.10. The van der Waals surface area contributed by atoms with Crippen molar-refractivity contribution >= 4 is 17.0 Å². The van der Waals surface area contributed by atoms with Crippen LogP contribution in [0.5, 0.6) is 5.75 Å². The third-order valence-corrected chi connectivity index (χ3v) is 7.00. The van der Waals surface area contributed by atoms with Gasteiger partial charge in [0.1, 0.15) is 5.75 Å². The lowest BCUT2D eigenvalue weighted by Crippen LogP contribution is -3.16. The molecule has 1 aromatic carbocycles. The van der Waals surface area contributed by atoms with Crippen LogP contribution < -0.4 is 15.1 Å². The summed E-state index contributed by atoms with van der Waals surface area (Å²) in [6.07, 6.45) is 4.46. The Hall–Kier alpha value is -1.82. The average molecular weight is 369 g/mol. The number of nitrogens with one attached hydrogen (secondary N) is 2. The van der Waals surface area contributed by atoms with Gasteiger partial charge in [0.15, 0.2) is 5.72 Å². The molecular weight excluding hydrogens is 342 g/mol. The molecule has 1 spiro atoms. The predicted octanol–water partition coefficient (Wildman–Crippen LogP) is 2.83. The average Bonchev–Trinajstić information content (AvgIpc) is 3.32. The van der Waals surface area contributed by atoms with Gasteiger partial charge in [-0.3, -0.25) is 0 Å². The Labute approximate surface area is 159 Å². The number of piperidine rings is 1. The fourth-order valence-electron chi connectivity index (χ4n) is 4.58. The van der Waals surface area contributed by atoms with Gasteiger partial charge in [0, 0.05) is 5.56 Å². The van der Waals surface area contributed by atoms with Crippen molar-refractivity contribution in [3.05, 3.63) is 58.3 Å². The molecule has 1 saturated heterocycles. The number of likely N-dealkylation sites (tertiary alicyclic amines) is 1. The summed E-state index contributed by atoms with van der Waals surface area (Å²) in [5, 5.41) is 4.53. The van der Waals surface area contributed by atoms with Gasteiger partial charge < -0.3 is 15.1 Å². The second-order valence-electron chi connectivity index (χ2n) is 7.88. The molecule has 0 bridgehead atoms. The Morgan fingerprint density at radius 1 is 1.19 bits per heavy atom. The normalized spacial score (nSPS) is 30.5. The van der Waals surface area contributed by atoms with E-state index in [0.29, 0.717) is 6.04 Å². The number of fused-ring (bicyclic) bond motifs is 4. The summed E-state index contributed by atoms with van der Waals surface area (Å²) in [7, 11) is 0. The Balaban J connectivity index is 1.52. The lowest BCUT2D eigenvalue weighted by atomic mass is 9.92.